The molecule has 0 saturated carbocycles. The van der Waals surface area contributed by atoms with Crippen molar-refractivity contribution in [3.05, 3.63) is 0 Å². The first kappa shape index (κ1) is 12.3. The molecule has 14 heavy (non-hydrogen) atoms. The first-order chi connectivity index (χ1) is 6.53. The molecule has 0 aromatic rings. The Morgan fingerprint density at radius 1 is 1.57 bits per heavy atom. The number of hydrogen-bond donors (Lipinski definition) is 1. The smallest absolute Gasteiger partial charge is 0.151 e. The third kappa shape index (κ3) is 4.19. The van der Waals surface area contributed by atoms with Gasteiger partial charge in [-0.2, -0.15) is 11.8 Å². The molecule has 0 radical (unpaired) electrons. The highest BCUT2D eigenvalue weighted by atomic mass is 32.2. The summed E-state index contributed by atoms with van der Waals surface area (Å²) in [6, 6.07) is 0.623. The molecule has 0 aliphatic carbocycles. The van der Waals surface area contributed by atoms with Crippen LogP contribution >= 0.6 is 11.8 Å². The van der Waals surface area contributed by atoms with Gasteiger partial charge >= 0.3 is 0 Å². The molecule has 1 aliphatic rings. The molecule has 1 aliphatic heterocycles. The third-order valence-electron chi connectivity index (χ3n) is 2.51. The molecule has 1 rings (SSSR count). The highest BCUT2D eigenvalue weighted by molar-refractivity contribution is 7.98. The average molecular weight is 237 g/mol. The van der Waals surface area contributed by atoms with Gasteiger partial charge in [0.05, 0.1) is 11.5 Å². The van der Waals surface area contributed by atoms with Crippen molar-refractivity contribution < 1.29 is 8.42 Å². The van der Waals surface area contributed by atoms with Gasteiger partial charge in [-0.1, -0.05) is 0 Å². The normalized spacial score (nSPS) is 27.7. The van der Waals surface area contributed by atoms with E-state index in [1.165, 1.54) is 0 Å². The van der Waals surface area contributed by atoms with Crippen molar-refractivity contribution in [2.45, 2.75) is 31.8 Å². The quantitative estimate of drug-likeness (QED) is 0.772. The largest absolute Gasteiger partial charge is 0.310 e. The number of nitrogens with one attached hydrogen (secondary N) is 1. The molecule has 5 heteroatoms. The molecule has 0 amide bonds. The van der Waals surface area contributed by atoms with E-state index in [0.717, 1.165) is 18.6 Å². The van der Waals surface area contributed by atoms with E-state index in [2.05, 4.69) is 18.5 Å². The number of thioether (sulfide) groups is 1. The monoisotopic (exact) mass is 237 g/mol. The van der Waals surface area contributed by atoms with Crippen LogP contribution in [-0.4, -0.2) is 44.0 Å². The van der Waals surface area contributed by atoms with Crippen LogP contribution in [0.3, 0.4) is 0 Å². The van der Waals surface area contributed by atoms with Crippen molar-refractivity contribution in [2.75, 3.05) is 23.5 Å². The van der Waals surface area contributed by atoms with Crippen LogP contribution in [0, 0.1) is 0 Å². The number of hydrogen-bond acceptors (Lipinski definition) is 4. The lowest BCUT2D eigenvalue weighted by Crippen LogP contribution is -2.37. The van der Waals surface area contributed by atoms with Crippen LogP contribution in [0.1, 0.15) is 19.8 Å². The van der Waals surface area contributed by atoms with Crippen LogP contribution in [0.25, 0.3) is 0 Å². The summed E-state index contributed by atoms with van der Waals surface area (Å²) in [6.07, 6.45) is 3.98. The van der Waals surface area contributed by atoms with Crippen LogP contribution in [0.15, 0.2) is 0 Å². The van der Waals surface area contributed by atoms with Gasteiger partial charge in [0, 0.05) is 12.1 Å². The summed E-state index contributed by atoms with van der Waals surface area (Å²) in [5, 5.41) is 3.38. The minimum absolute atomic E-state index is 0.192. The minimum Gasteiger partial charge on any atom is -0.310 e. The van der Waals surface area contributed by atoms with E-state index in [4.69, 9.17) is 0 Å². The molecular formula is C9H19NO2S2. The molecule has 1 heterocycles. The summed E-state index contributed by atoms with van der Waals surface area (Å²) in [5.74, 6) is 1.82. The summed E-state index contributed by atoms with van der Waals surface area (Å²) in [7, 11) is -2.73. The molecule has 2 unspecified atom stereocenters. The Hall–Kier alpha value is 0.260. The first-order valence-corrected chi connectivity index (χ1v) is 8.20. The third-order valence-corrected chi connectivity index (χ3v) is 4.92. The highest BCUT2D eigenvalue weighted by Crippen LogP contribution is 2.12. The summed E-state index contributed by atoms with van der Waals surface area (Å²) >= 11 is 1.83. The van der Waals surface area contributed by atoms with Crippen molar-refractivity contribution in [1.29, 1.82) is 0 Å². The fourth-order valence-electron chi connectivity index (χ4n) is 1.71. The zero-order chi connectivity index (χ0) is 10.6. The van der Waals surface area contributed by atoms with Gasteiger partial charge in [-0.15, -0.1) is 0 Å². The Labute approximate surface area is 91.0 Å². The Kier molecular flexibility index (Phi) is 4.73. The molecule has 1 saturated heterocycles. The Morgan fingerprint density at radius 3 is 2.79 bits per heavy atom. The lowest BCUT2D eigenvalue weighted by Gasteiger charge is -2.17. The second-order valence-corrected chi connectivity index (χ2v) is 7.16. The van der Waals surface area contributed by atoms with E-state index in [-0.39, 0.29) is 6.04 Å². The maximum absolute atomic E-state index is 11.2. The van der Waals surface area contributed by atoms with Crippen molar-refractivity contribution in [1.82, 2.24) is 5.32 Å². The topological polar surface area (TPSA) is 46.2 Å². The molecule has 0 bridgehead atoms. The average Bonchev–Trinajstić information content (AvgIpc) is 2.42. The summed E-state index contributed by atoms with van der Waals surface area (Å²) in [6.45, 7) is 2.13. The summed E-state index contributed by atoms with van der Waals surface area (Å²) < 4.78 is 22.4. The van der Waals surface area contributed by atoms with Crippen LogP contribution in [-0.2, 0) is 9.84 Å². The Morgan fingerprint density at radius 2 is 2.29 bits per heavy atom. The van der Waals surface area contributed by atoms with Crippen molar-refractivity contribution in [2.24, 2.45) is 0 Å². The van der Waals surface area contributed by atoms with Gasteiger partial charge < -0.3 is 5.32 Å². The maximum Gasteiger partial charge on any atom is 0.151 e. The van der Waals surface area contributed by atoms with Crippen LogP contribution < -0.4 is 5.32 Å². The van der Waals surface area contributed by atoms with Crippen LogP contribution in [0.4, 0.5) is 0 Å². The number of sulfone groups is 1. The lowest BCUT2D eigenvalue weighted by atomic mass is 10.2. The Bertz CT molecular complexity index is 264. The molecule has 1 N–H and O–H groups in total. The van der Waals surface area contributed by atoms with Crippen LogP contribution in [0.2, 0.25) is 0 Å². The van der Waals surface area contributed by atoms with Crippen molar-refractivity contribution >= 4 is 21.6 Å². The minimum atomic E-state index is -2.73. The maximum atomic E-state index is 11.2. The molecule has 2 atom stereocenters. The van der Waals surface area contributed by atoms with Crippen molar-refractivity contribution in [3.63, 3.8) is 0 Å². The van der Waals surface area contributed by atoms with E-state index >= 15 is 0 Å². The predicted octanol–water partition coefficient (Wildman–Crippen LogP) is 0.905. The highest BCUT2D eigenvalue weighted by Gasteiger charge is 2.28. The second kappa shape index (κ2) is 5.37. The SMILES string of the molecule is CSCCC(C)NC1CCS(=O)(=O)C1. The summed E-state index contributed by atoms with van der Waals surface area (Å²) in [4.78, 5) is 0. The van der Waals surface area contributed by atoms with Crippen molar-refractivity contribution in [3.8, 4) is 0 Å². The zero-order valence-corrected chi connectivity index (χ0v) is 10.5. The van der Waals surface area contributed by atoms with E-state index in [1.807, 2.05) is 11.8 Å². The molecule has 0 spiro atoms. The van der Waals surface area contributed by atoms with Gasteiger partial charge in [0.2, 0.25) is 0 Å². The molecule has 84 valence electrons. The van der Waals surface area contributed by atoms with E-state index in [9.17, 15) is 8.42 Å². The van der Waals surface area contributed by atoms with E-state index < -0.39 is 9.84 Å². The van der Waals surface area contributed by atoms with Crippen LogP contribution in [0.5, 0.6) is 0 Å². The second-order valence-electron chi connectivity index (χ2n) is 3.95. The van der Waals surface area contributed by atoms with E-state index in [1.54, 1.807) is 0 Å². The fourth-order valence-corrected chi connectivity index (χ4v) is 3.98. The Balaban J connectivity index is 2.25. The van der Waals surface area contributed by atoms with Gasteiger partial charge in [-0.3, -0.25) is 0 Å². The zero-order valence-electron chi connectivity index (χ0n) is 8.82. The molecule has 1 fully saturated rings. The molecule has 3 nitrogen and oxygen atoms in total. The molecule has 0 aromatic carbocycles. The predicted molar refractivity (Wildman–Crippen MR) is 62.7 cm³/mol. The fraction of sp³-hybridized carbons (Fsp3) is 1.00. The van der Waals surface area contributed by atoms with Gasteiger partial charge in [0.1, 0.15) is 0 Å². The van der Waals surface area contributed by atoms with E-state index in [0.29, 0.717) is 17.5 Å². The summed E-state index contributed by atoms with van der Waals surface area (Å²) in [5.41, 5.74) is 0. The van der Waals surface area contributed by atoms with Gasteiger partial charge in [-0.25, -0.2) is 8.42 Å². The first-order valence-electron chi connectivity index (χ1n) is 4.99. The van der Waals surface area contributed by atoms with Gasteiger partial charge in [0.25, 0.3) is 0 Å². The number of rotatable bonds is 5. The van der Waals surface area contributed by atoms with Gasteiger partial charge in [0.15, 0.2) is 9.84 Å². The lowest BCUT2D eigenvalue weighted by molar-refractivity contribution is 0.464. The van der Waals surface area contributed by atoms with Gasteiger partial charge in [-0.05, 0) is 31.8 Å². The molecule has 0 aromatic heterocycles. The standard InChI is InChI=1S/C9H19NO2S2/c1-8(3-5-13-2)10-9-4-6-14(11,12)7-9/h8-10H,3-7H2,1-2H3. The molecular weight excluding hydrogens is 218 g/mol.